The number of rotatable bonds is 2. The van der Waals surface area contributed by atoms with Gasteiger partial charge in [-0.3, -0.25) is 4.68 Å². The van der Waals surface area contributed by atoms with Crippen molar-refractivity contribution in [2.24, 2.45) is 7.05 Å². The van der Waals surface area contributed by atoms with E-state index in [4.69, 9.17) is 11.6 Å². The normalized spacial score (nSPS) is 10.3. The molecule has 7 heteroatoms. The summed E-state index contributed by atoms with van der Waals surface area (Å²) < 4.78 is 6.16. The Morgan fingerprint density at radius 1 is 1.47 bits per heavy atom. The summed E-state index contributed by atoms with van der Waals surface area (Å²) in [6, 6.07) is 1.78. The Morgan fingerprint density at radius 3 is 2.76 bits per heavy atom. The van der Waals surface area contributed by atoms with Gasteiger partial charge in [-0.05, 0) is 6.07 Å². The lowest BCUT2D eigenvalue weighted by atomic mass is 10.3. The highest BCUT2D eigenvalue weighted by molar-refractivity contribution is 6.32. The van der Waals surface area contributed by atoms with E-state index in [0.29, 0.717) is 11.4 Å². The molecule has 0 saturated carbocycles. The molecule has 0 saturated heterocycles. The van der Waals surface area contributed by atoms with Gasteiger partial charge in [-0.2, -0.15) is 5.10 Å². The lowest BCUT2D eigenvalue weighted by molar-refractivity contribution is 0.0594. The molecule has 0 bridgehead atoms. The zero-order chi connectivity index (χ0) is 12.4. The summed E-state index contributed by atoms with van der Waals surface area (Å²) in [5, 5.41) is 4.16. The molecule has 0 spiro atoms. The van der Waals surface area contributed by atoms with E-state index < -0.39 is 5.97 Å². The second-order valence-electron chi connectivity index (χ2n) is 3.26. The molecule has 0 amide bonds. The second kappa shape index (κ2) is 4.50. The lowest BCUT2D eigenvalue weighted by Crippen LogP contribution is -2.06. The van der Waals surface area contributed by atoms with Gasteiger partial charge in [0.15, 0.2) is 10.8 Å². The van der Waals surface area contributed by atoms with E-state index in [-0.39, 0.29) is 10.8 Å². The van der Waals surface area contributed by atoms with Crippen LogP contribution in [-0.4, -0.2) is 32.8 Å². The monoisotopic (exact) mass is 252 g/mol. The number of carbonyl (C=O) groups excluding carboxylic acids is 1. The average Bonchev–Trinajstić information content (AvgIpc) is 2.75. The van der Waals surface area contributed by atoms with Crippen LogP contribution in [0.2, 0.25) is 5.15 Å². The lowest BCUT2D eigenvalue weighted by Gasteiger charge is -2.01. The van der Waals surface area contributed by atoms with Crippen LogP contribution in [0.5, 0.6) is 0 Å². The first kappa shape index (κ1) is 11.5. The summed E-state index contributed by atoms with van der Waals surface area (Å²) >= 11 is 5.85. The van der Waals surface area contributed by atoms with Crippen molar-refractivity contribution in [1.29, 1.82) is 0 Å². The maximum Gasteiger partial charge on any atom is 0.359 e. The minimum Gasteiger partial charge on any atom is -0.464 e. The van der Waals surface area contributed by atoms with Crippen LogP contribution in [0, 0.1) is 0 Å². The van der Waals surface area contributed by atoms with Crippen molar-refractivity contribution in [2.75, 3.05) is 7.11 Å². The van der Waals surface area contributed by atoms with Gasteiger partial charge in [-0.15, -0.1) is 0 Å². The summed E-state index contributed by atoms with van der Waals surface area (Å²) in [6.07, 6.45) is 3.21. The quantitative estimate of drug-likeness (QED) is 0.754. The molecule has 0 atom stereocenters. The fraction of sp³-hybridized carbons (Fsp3) is 0.200. The van der Waals surface area contributed by atoms with Gasteiger partial charge in [0, 0.05) is 13.2 Å². The summed E-state index contributed by atoms with van der Waals surface area (Å²) in [4.78, 5) is 19.2. The fourth-order valence-electron chi connectivity index (χ4n) is 1.28. The number of aryl methyl sites for hydroxylation is 1. The molecule has 0 radical (unpaired) electrons. The summed E-state index contributed by atoms with van der Waals surface area (Å²) in [5.41, 5.74) is 1.13. The molecule has 17 heavy (non-hydrogen) atoms. The highest BCUT2D eigenvalue weighted by atomic mass is 35.5. The van der Waals surface area contributed by atoms with E-state index >= 15 is 0 Å². The predicted octanol–water partition coefficient (Wildman–Crippen LogP) is 1.32. The Labute approximate surface area is 102 Å². The van der Waals surface area contributed by atoms with Gasteiger partial charge in [0.25, 0.3) is 0 Å². The summed E-state index contributed by atoms with van der Waals surface area (Å²) in [5.74, 6) is -0.616. The molecule has 6 nitrogen and oxygen atoms in total. The molecule has 0 aliphatic heterocycles. The van der Waals surface area contributed by atoms with Crippen molar-refractivity contribution in [3.05, 3.63) is 29.3 Å². The third-order valence-corrected chi connectivity index (χ3v) is 2.35. The summed E-state index contributed by atoms with van der Waals surface area (Å²) in [6.45, 7) is 0. The van der Waals surface area contributed by atoms with Crippen molar-refractivity contribution in [3.63, 3.8) is 0 Å². The third-order valence-electron chi connectivity index (χ3n) is 2.08. The Balaban J connectivity index is 2.40. The van der Waals surface area contributed by atoms with Crippen LogP contribution in [0.15, 0.2) is 18.5 Å². The predicted molar refractivity (Wildman–Crippen MR) is 60.6 cm³/mol. The number of esters is 1. The first-order valence-corrected chi connectivity index (χ1v) is 5.10. The summed E-state index contributed by atoms with van der Waals surface area (Å²) in [7, 11) is 3.05. The zero-order valence-electron chi connectivity index (χ0n) is 9.22. The number of halogens is 1. The first-order valence-electron chi connectivity index (χ1n) is 4.72. The Kier molecular flexibility index (Phi) is 3.06. The van der Waals surface area contributed by atoms with Gasteiger partial charge >= 0.3 is 5.97 Å². The van der Waals surface area contributed by atoms with Gasteiger partial charge in [0.2, 0.25) is 0 Å². The van der Waals surface area contributed by atoms with E-state index in [9.17, 15) is 4.79 Å². The van der Waals surface area contributed by atoms with Gasteiger partial charge < -0.3 is 4.74 Å². The Morgan fingerprint density at radius 2 is 2.24 bits per heavy atom. The van der Waals surface area contributed by atoms with Crippen molar-refractivity contribution in [2.45, 2.75) is 0 Å². The Bertz CT molecular complexity index is 567. The zero-order valence-corrected chi connectivity index (χ0v) is 9.97. The van der Waals surface area contributed by atoms with Crippen molar-refractivity contribution >= 4 is 17.6 Å². The van der Waals surface area contributed by atoms with Gasteiger partial charge in [0.1, 0.15) is 11.4 Å². The van der Waals surface area contributed by atoms with Crippen LogP contribution >= 0.6 is 11.6 Å². The van der Waals surface area contributed by atoms with Crippen LogP contribution in [0.3, 0.4) is 0 Å². The number of nitrogens with zero attached hydrogens (tertiary/aromatic N) is 4. The molecule has 0 fully saturated rings. The highest BCUT2D eigenvalue weighted by Crippen LogP contribution is 2.18. The number of ether oxygens (including phenoxy) is 1. The highest BCUT2D eigenvalue weighted by Gasteiger charge is 2.15. The van der Waals surface area contributed by atoms with E-state index in [0.717, 1.165) is 0 Å². The number of hydrogen-bond donors (Lipinski definition) is 0. The molecule has 2 heterocycles. The fourth-order valence-corrected chi connectivity index (χ4v) is 1.49. The number of carbonyl (C=O) groups is 1. The topological polar surface area (TPSA) is 69.9 Å². The molecular formula is C10H9ClN4O2. The molecule has 88 valence electrons. The average molecular weight is 253 g/mol. The number of methoxy groups -OCH3 is 1. The molecule has 0 aliphatic carbocycles. The largest absolute Gasteiger partial charge is 0.464 e. The second-order valence-corrected chi connectivity index (χ2v) is 3.62. The van der Waals surface area contributed by atoms with Crippen molar-refractivity contribution in [3.8, 4) is 11.4 Å². The molecule has 0 aliphatic rings. The minimum absolute atomic E-state index is 0.00000283. The SMILES string of the molecule is COC(=O)c1ncc(-c2ccn(C)n2)nc1Cl. The van der Waals surface area contributed by atoms with Crippen LogP contribution in [0.1, 0.15) is 10.5 Å². The number of aromatic nitrogens is 4. The Hall–Kier alpha value is -1.95. The van der Waals surface area contributed by atoms with Crippen LogP contribution < -0.4 is 0 Å². The van der Waals surface area contributed by atoms with E-state index in [1.54, 1.807) is 24.0 Å². The molecule has 2 aromatic heterocycles. The smallest absolute Gasteiger partial charge is 0.359 e. The van der Waals surface area contributed by atoms with Crippen molar-refractivity contribution < 1.29 is 9.53 Å². The molecule has 0 aromatic carbocycles. The van der Waals surface area contributed by atoms with Crippen LogP contribution in [0.4, 0.5) is 0 Å². The van der Waals surface area contributed by atoms with Crippen LogP contribution in [0.25, 0.3) is 11.4 Å². The maximum absolute atomic E-state index is 11.3. The van der Waals surface area contributed by atoms with Gasteiger partial charge in [-0.25, -0.2) is 14.8 Å². The van der Waals surface area contributed by atoms with Gasteiger partial charge in [0.05, 0.1) is 13.3 Å². The maximum atomic E-state index is 11.3. The molecule has 2 rings (SSSR count). The molecule has 2 aromatic rings. The van der Waals surface area contributed by atoms with Crippen molar-refractivity contribution in [1.82, 2.24) is 19.7 Å². The van der Waals surface area contributed by atoms with E-state index in [1.807, 2.05) is 0 Å². The number of hydrogen-bond acceptors (Lipinski definition) is 5. The van der Waals surface area contributed by atoms with Crippen LogP contribution in [-0.2, 0) is 11.8 Å². The first-order chi connectivity index (χ1) is 8.11. The standard InChI is InChI=1S/C10H9ClN4O2/c1-15-4-3-6(14-15)7-5-12-8(9(11)13-7)10(16)17-2/h3-5H,1-2H3. The molecule has 0 unspecified atom stereocenters. The van der Waals surface area contributed by atoms with E-state index in [1.165, 1.54) is 13.3 Å². The van der Waals surface area contributed by atoms with Gasteiger partial charge in [-0.1, -0.05) is 11.6 Å². The molecule has 0 N–H and O–H groups in total. The minimum atomic E-state index is -0.616. The molecular weight excluding hydrogens is 244 g/mol. The third kappa shape index (κ3) is 2.26. The van der Waals surface area contributed by atoms with E-state index in [2.05, 4.69) is 19.8 Å².